The highest BCUT2D eigenvalue weighted by atomic mass is 16.5. The maximum absolute atomic E-state index is 12.6. The van der Waals surface area contributed by atoms with Crippen molar-refractivity contribution in [2.75, 3.05) is 23.4 Å². The Morgan fingerprint density at radius 1 is 1.17 bits per heavy atom. The molecule has 158 valence electrons. The van der Waals surface area contributed by atoms with Crippen LogP contribution in [0, 0.1) is 12.8 Å². The zero-order chi connectivity index (χ0) is 21.7. The van der Waals surface area contributed by atoms with Crippen LogP contribution >= 0.6 is 0 Å². The van der Waals surface area contributed by atoms with Gasteiger partial charge in [-0.2, -0.15) is 0 Å². The molecule has 1 heterocycles. The fourth-order valence-corrected chi connectivity index (χ4v) is 3.62. The van der Waals surface area contributed by atoms with Crippen LogP contribution in [0.2, 0.25) is 0 Å². The summed E-state index contributed by atoms with van der Waals surface area (Å²) >= 11 is 0. The third-order valence-corrected chi connectivity index (χ3v) is 5.59. The number of para-hydroxylation sites is 2. The fourth-order valence-electron chi connectivity index (χ4n) is 3.62. The lowest BCUT2D eigenvalue weighted by molar-refractivity contribution is -0.151. The summed E-state index contributed by atoms with van der Waals surface area (Å²) in [6, 6.07) is 15.2. The van der Waals surface area contributed by atoms with Crippen molar-refractivity contribution in [3.63, 3.8) is 0 Å². The van der Waals surface area contributed by atoms with Crippen molar-refractivity contribution in [1.82, 2.24) is 0 Å². The van der Waals surface area contributed by atoms with Gasteiger partial charge in [0.2, 0.25) is 5.91 Å². The van der Waals surface area contributed by atoms with Crippen molar-refractivity contribution in [3.8, 4) is 0 Å². The van der Waals surface area contributed by atoms with Gasteiger partial charge >= 0.3 is 5.97 Å². The summed E-state index contributed by atoms with van der Waals surface area (Å²) in [4.78, 5) is 38.9. The van der Waals surface area contributed by atoms with Gasteiger partial charge in [-0.25, -0.2) is 0 Å². The largest absolute Gasteiger partial charge is 0.455 e. The number of benzene rings is 2. The molecule has 2 aromatic carbocycles. The molecule has 0 bridgehead atoms. The third-order valence-electron chi connectivity index (χ3n) is 5.59. The Morgan fingerprint density at radius 2 is 1.87 bits per heavy atom. The molecular weight excluding hydrogens is 380 g/mol. The minimum atomic E-state index is -0.575. The lowest BCUT2D eigenvalue weighted by Gasteiger charge is -2.23. The molecule has 0 unspecified atom stereocenters. The van der Waals surface area contributed by atoms with E-state index in [1.807, 2.05) is 49.4 Å². The van der Waals surface area contributed by atoms with Crippen LogP contribution in [0.3, 0.4) is 0 Å². The number of nitrogens with one attached hydrogen (secondary N) is 1. The van der Waals surface area contributed by atoms with Crippen molar-refractivity contribution in [1.29, 1.82) is 0 Å². The zero-order valence-electron chi connectivity index (χ0n) is 17.7. The van der Waals surface area contributed by atoms with Gasteiger partial charge in [0.15, 0.2) is 6.61 Å². The van der Waals surface area contributed by atoms with Gasteiger partial charge in [-0.1, -0.05) is 50.2 Å². The van der Waals surface area contributed by atoms with Gasteiger partial charge in [0.05, 0.1) is 5.92 Å². The molecule has 2 atom stereocenters. The minimum Gasteiger partial charge on any atom is -0.455 e. The highest BCUT2D eigenvalue weighted by Crippen LogP contribution is 2.33. The predicted octanol–water partition coefficient (Wildman–Crippen LogP) is 4.04. The number of esters is 1. The molecule has 1 aliphatic rings. The normalized spacial score (nSPS) is 17.0. The van der Waals surface area contributed by atoms with Crippen LogP contribution in [0.4, 0.5) is 11.4 Å². The van der Waals surface area contributed by atoms with Crippen LogP contribution in [0.5, 0.6) is 0 Å². The summed E-state index contributed by atoms with van der Waals surface area (Å²) in [6.45, 7) is 6.01. The molecule has 1 fully saturated rings. The Kier molecular flexibility index (Phi) is 6.87. The van der Waals surface area contributed by atoms with E-state index in [4.69, 9.17) is 4.74 Å². The van der Waals surface area contributed by atoms with Crippen molar-refractivity contribution < 1.29 is 19.1 Å². The summed E-state index contributed by atoms with van der Waals surface area (Å²) in [5.74, 6) is -1.29. The lowest BCUT2D eigenvalue weighted by atomic mass is 9.96. The first-order chi connectivity index (χ1) is 14.4. The van der Waals surface area contributed by atoms with E-state index >= 15 is 0 Å². The molecule has 1 N–H and O–H groups in total. The molecule has 0 spiro atoms. The Bertz CT molecular complexity index is 940. The number of carbonyl (C=O) groups excluding carboxylic acids is 3. The number of anilines is 2. The molecule has 0 aliphatic carbocycles. The lowest BCUT2D eigenvalue weighted by Crippen LogP contribution is -2.29. The highest BCUT2D eigenvalue weighted by Gasteiger charge is 2.37. The van der Waals surface area contributed by atoms with E-state index < -0.39 is 17.8 Å². The Labute approximate surface area is 177 Å². The van der Waals surface area contributed by atoms with Crippen LogP contribution in [0.15, 0.2) is 48.5 Å². The van der Waals surface area contributed by atoms with E-state index in [1.165, 1.54) is 0 Å². The number of carbonyl (C=O) groups is 3. The molecule has 2 amide bonds. The number of ether oxygens (including phenoxy) is 1. The first kappa shape index (κ1) is 21.6. The highest BCUT2D eigenvalue weighted by molar-refractivity contribution is 6.00. The average Bonchev–Trinajstić information content (AvgIpc) is 3.14. The summed E-state index contributed by atoms with van der Waals surface area (Å²) in [6.07, 6.45) is 1.05. The van der Waals surface area contributed by atoms with Crippen LogP contribution in [-0.2, 0) is 19.1 Å². The maximum Gasteiger partial charge on any atom is 0.311 e. The zero-order valence-corrected chi connectivity index (χ0v) is 17.7. The Morgan fingerprint density at radius 3 is 2.60 bits per heavy atom. The van der Waals surface area contributed by atoms with Crippen LogP contribution < -0.4 is 10.2 Å². The smallest absolute Gasteiger partial charge is 0.311 e. The quantitative estimate of drug-likeness (QED) is 0.702. The van der Waals surface area contributed by atoms with E-state index in [-0.39, 0.29) is 25.5 Å². The van der Waals surface area contributed by atoms with E-state index in [0.29, 0.717) is 11.6 Å². The van der Waals surface area contributed by atoms with E-state index in [0.717, 1.165) is 23.2 Å². The number of rotatable bonds is 7. The fraction of sp³-hybridized carbons (Fsp3) is 0.375. The molecule has 2 aromatic rings. The maximum atomic E-state index is 12.6. The molecule has 1 saturated heterocycles. The van der Waals surface area contributed by atoms with Gasteiger partial charge in [0, 0.05) is 24.3 Å². The molecule has 0 aromatic heterocycles. The number of hydrogen-bond donors (Lipinski definition) is 1. The van der Waals surface area contributed by atoms with Crippen LogP contribution in [-0.4, -0.2) is 30.9 Å². The predicted molar refractivity (Wildman–Crippen MR) is 116 cm³/mol. The number of amides is 2. The van der Waals surface area contributed by atoms with Gasteiger partial charge in [0.25, 0.3) is 5.91 Å². The van der Waals surface area contributed by atoms with Crippen LogP contribution in [0.1, 0.15) is 43.7 Å². The van der Waals surface area contributed by atoms with Crippen molar-refractivity contribution in [3.05, 3.63) is 59.7 Å². The molecule has 0 radical (unpaired) electrons. The average molecular weight is 408 g/mol. The second-order valence-electron chi connectivity index (χ2n) is 7.74. The Hall–Kier alpha value is -3.15. The number of hydrogen-bond acceptors (Lipinski definition) is 4. The van der Waals surface area contributed by atoms with Gasteiger partial charge in [-0.3, -0.25) is 14.4 Å². The molecule has 0 saturated carbocycles. The second-order valence-corrected chi connectivity index (χ2v) is 7.74. The van der Waals surface area contributed by atoms with Crippen molar-refractivity contribution in [2.24, 2.45) is 5.92 Å². The summed E-state index contributed by atoms with van der Waals surface area (Å²) in [5.41, 5.74) is 3.56. The van der Waals surface area contributed by atoms with Gasteiger partial charge in [0.1, 0.15) is 0 Å². The SMILES string of the molecule is CC[C@H](C)c1ccccc1N1C[C@@H](C(=O)OCC(=O)Nc2ccccc2C)CC1=O. The molecule has 1 aliphatic heterocycles. The second kappa shape index (κ2) is 9.57. The van der Waals surface area contributed by atoms with E-state index in [9.17, 15) is 14.4 Å². The molecular formula is C24H28N2O4. The first-order valence-electron chi connectivity index (χ1n) is 10.3. The van der Waals surface area contributed by atoms with E-state index in [1.54, 1.807) is 11.0 Å². The first-order valence-corrected chi connectivity index (χ1v) is 10.3. The molecule has 6 nitrogen and oxygen atoms in total. The molecule has 6 heteroatoms. The van der Waals surface area contributed by atoms with Crippen molar-refractivity contribution >= 4 is 29.2 Å². The van der Waals surface area contributed by atoms with Gasteiger partial charge < -0.3 is 15.0 Å². The van der Waals surface area contributed by atoms with E-state index in [2.05, 4.69) is 19.2 Å². The standard InChI is InChI=1S/C24H28N2O4/c1-4-16(2)19-10-6-8-12-21(19)26-14-18(13-23(26)28)24(29)30-15-22(27)25-20-11-7-5-9-17(20)3/h5-12,16,18H,4,13-15H2,1-3H3,(H,25,27)/t16-,18-/m0/s1. The van der Waals surface area contributed by atoms with Crippen LogP contribution in [0.25, 0.3) is 0 Å². The van der Waals surface area contributed by atoms with Crippen molar-refractivity contribution in [2.45, 2.75) is 39.5 Å². The third kappa shape index (κ3) is 4.87. The molecule has 30 heavy (non-hydrogen) atoms. The number of nitrogens with zero attached hydrogens (tertiary/aromatic N) is 1. The van der Waals surface area contributed by atoms with Gasteiger partial charge in [-0.05, 0) is 42.5 Å². The summed E-state index contributed by atoms with van der Waals surface area (Å²) in [7, 11) is 0. The topological polar surface area (TPSA) is 75.7 Å². The molecule has 3 rings (SSSR count). The summed E-state index contributed by atoms with van der Waals surface area (Å²) < 4.78 is 5.20. The minimum absolute atomic E-state index is 0.0904. The Balaban J connectivity index is 1.59. The van der Waals surface area contributed by atoms with Gasteiger partial charge in [-0.15, -0.1) is 0 Å². The monoisotopic (exact) mass is 408 g/mol. The summed E-state index contributed by atoms with van der Waals surface area (Å²) in [5, 5.41) is 2.73. The number of aryl methyl sites for hydroxylation is 1.